The fourth-order valence-corrected chi connectivity index (χ4v) is 1.54. The standard InChI is InChI=1S/C9H19NO5S/c1-2-3-4-5-9(11)15-7-8(6-10)16(12,13)14/h8H,2-7,10H2,1H3,(H,12,13,14). The molecule has 0 heterocycles. The molecule has 1 unspecified atom stereocenters. The van der Waals surface area contributed by atoms with Crippen molar-refractivity contribution in [1.29, 1.82) is 0 Å². The van der Waals surface area contributed by atoms with Crippen LogP contribution in [0.3, 0.4) is 0 Å². The molecular weight excluding hydrogens is 234 g/mol. The lowest BCUT2D eigenvalue weighted by Gasteiger charge is -2.11. The molecule has 0 aliphatic carbocycles. The largest absolute Gasteiger partial charge is 0.464 e. The lowest BCUT2D eigenvalue weighted by molar-refractivity contribution is -0.143. The molecule has 6 nitrogen and oxygen atoms in total. The summed E-state index contributed by atoms with van der Waals surface area (Å²) >= 11 is 0. The second-order valence-electron chi connectivity index (χ2n) is 3.51. The molecule has 0 aromatic rings. The van der Waals surface area contributed by atoms with Crippen LogP contribution in [0.4, 0.5) is 0 Å². The van der Waals surface area contributed by atoms with Crippen molar-refractivity contribution < 1.29 is 22.5 Å². The van der Waals surface area contributed by atoms with Crippen LogP contribution in [0.25, 0.3) is 0 Å². The van der Waals surface area contributed by atoms with Crippen LogP contribution in [0.1, 0.15) is 32.6 Å². The summed E-state index contributed by atoms with van der Waals surface area (Å²) in [6.45, 7) is 1.34. The fraction of sp³-hybridized carbons (Fsp3) is 0.889. The minimum Gasteiger partial charge on any atom is -0.464 e. The predicted molar refractivity (Wildman–Crippen MR) is 59.5 cm³/mol. The van der Waals surface area contributed by atoms with Gasteiger partial charge in [0.2, 0.25) is 0 Å². The Kier molecular flexibility index (Phi) is 7.27. The van der Waals surface area contributed by atoms with Crippen LogP contribution in [-0.2, 0) is 19.6 Å². The third-order valence-corrected chi connectivity index (χ3v) is 3.27. The molecule has 0 rings (SSSR count). The van der Waals surface area contributed by atoms with Crippen LogP contribution < -0.4 is 5.73 Å². The highest BCUT2D eigenvalue weighted by Crippen LogP contribution is 2.03. The first-order chi connectivity index (χ1) is 7.41. The Morgan fingerprint density at radius 1 is 1.44 bits per heavy atom. The minimum atomic E-state index is -4.24. The van der Waals surface area contributed by atoms with Crippen LogP contribution in [0.5, 0.6) is 0 Å². The van der Waals surface area contributed by atoms with E-state index in [1.807, 2.05) is 6.92 Å². The summed E-state index contributed by atoms with van der Waals surface area (Å²) in [5, 5.41) is -1.23. The third-order valence-electron chi connectivity index (χ3n) is 2.10. The Labute approximate surface area is 95.9 Å². The van der Waals surface area contributed by atoms with E-state index in [2.05, 4.69) is 0 Å². The SMILES string of the molecule is CCCCCC(=O)OCC(CN)S(=O)(=O)O. The maximum Gasteiger partial charge on any atom is 0.305 e. The van der Waals surface area contributed by atoms with Gasteiger partial charge in [-0.25, -0.2) is 0 Å². The van der Waals surface area contributed by atoms with Gasteiger partial charge in [-0.05, 0) is 6.42 Å². The molecule has 0 fully saturated rings. The summed E-state index contributed by atoms with van der Waals surface area (Å²) in [4.78, 5) is 11.1. The van der Waals surface area contributed by atoms with Gasteiger partial charge < -0.3 is 10.5 Å². The lowest BCUT2D eigenvalue weighted by atomic mass is 10.2. The van der Waals surface area contributed by atoms with E-state index in [1.54, 1.807) is 0 Å². The van der Waals surface area contributed by atoms with E-state index < -0.39 is 21.3 Å². The van der Waals surface area contributed by atoms with Gasteiger partial charge in [-0.1, -0.05) is 19.8 Å². The minimum absolute atomic E-state index is 0.261. The third kappa shape index (κ3) is 6.76. The van der Waals surface area contributed by atoms with Gasteiger partial charge in [0.15, 0.2) is 0 Å². The van der Waals surface area contributed by atoms with Gasteiger partial charge in [-0.15, -0.1) is 0 Å². The molecule has 96 valence electrons. The molecule has 0 saturated carbocycles. The summed E-state index contributed by atoms with van der Waals surface area (Å²) in [6.07, 6.45) is 2.89. The highest BCUT2D eigenvalue weighted by molar-refractivity contribution is 7.86. The van der Waals surface area contributed by atoms with Crippen LogP contribution in [0.15, 0.2) is 0 Å². The van der Waals surface area contributed by atoms with E-state index in [0.717, 1.165) is 12.8 Å². The number of ether oxygens (including phenoxy) is 1. The van der Waals surface area contributed by atoms with Crippen molar-refractivity contribution in [3.05, 3.63) is 0 Å². The van der Waals surface area contributed by atoms with E-state index in [9.17, 15) is 13.2 Å². The van der Waals surface area contributed by atoms with Gasteiger partial charge in [-0.2, -0.15) is 8.42 Å². The summed E-state index contributed by atoms with van der Waals surface area (Å²) in [5.41, 5.74) is 5.14. The number of rotatable bonds is 8. The number of unbranched alkanes of at least 4 members (excludes halogenated alkanes) is 2. The van der Waals surface area contributed by atoms with Crippen LogP contribution in [0.2, 0.25) is 0 Å². The van der Waals surface area contributed by atoms with Crippen LogP contribution in [0, 0.1) is 0 Å². The number of nitrogens with two attached hydrogens (primary N) is 1. The molecule has 0 bridgehead atoms. The van der Waals surface area contributed by atoms with Gasteiger partial charge in [0, 0.05) is 13.0 Å². The summed E-state index contributed by atoms with van der Waals surface area (Å²) in [5.74, 6) is -0.462. The normalized spacial score (nSPS) is 13.4. The van der Waals surface area contributed by atoms with E-state index in [-0.39, 0.29) is 19.6 Å². The molecule has 0 spiro atoms. The first kappa shape index (κ1) is 15.3. The van der Waals surface area contributed by atoms with Gasteiger partial charge in [0.05, 0.1) is 0 Å². The van der Waals surface area contributed by atoms with Crippen molar-refractivity contribution in [1.82, 2.24) is 0 Å². The summed E-state index contributed by atoms with van der Waals surface area (Å²) < 4.78 is 34.9. The maximum atomic E-state index is 11.1. The van der Waals surface area contributed by atoms with Crippen molar-refractivity contribution in [2.75, 3.05) is 13.2 Å². The zero-order valence-electron chi connectivity index (χ0n) is 9.39. The second kappa shape index (κ2) is 7.59. The quantitative estimate of drug-likeness (QED) is 0.366. The highest BCUT2D eigenvalue weighted by atomic mass is 32.2. The van der Waals surface area contributed by atoms with Crippen LogP contribution in [-0.4, -0.2) is 37.3 Å². The van der Waals surface area contributed by atoms with Crippen molar-refractivity contribution in [3.63, 3.8) is 0 Å². The van der Waals surface area contributed by atoms with E-state index in [4.69, 9.17) is 15.0 Å². The van der Waals surface area contributed by atoms with Gasteiger partial charge in [0.1, 0.15) is 11.9 Å². The molecule has 0 aromatic carbocycles. The molecule has 0 aliphatic rings. The number of hydrogen-bond acceptors (Lipinski definition) is 5. The predicted octanol–water partition coefficient (Wildman–Crippen LogP) is 0.325. The lowest BCUT2D eigenvalue weighted by Crippen LogP contribution is -2.34. The average Bonchev–Trinajstić information content (AvgIpc) is 2.17. The van der Waals surface area contributed by atoms with Crippen molar-refractivity contribution in [2.45, 2.75) is 37.9 Å². The molecule has 16 heavy (non-hydrogen) atoms. The van der Waals surface area contributed by atoms with E-state index in [1.165, 1.54) is 0 Å². The molecule has 7 heteroatoms. The molecule has 3 N–H and O–H groups in total. The van der Waals surface area contributed by atoms with E-state index in [0.29, 0.717) is 6.42 Å². The first-order valence-electron chi connectivity index (χ1n) is 5.23. The van der Waals surface area contributed by atoms with Crippen molar-refractivity contribution >= 4 is 16.1 Å². The number of esters is 1. The van der Waals surface area contributed by atoms with E-state index >= 15 is 0 Å². The Hall–Kier alpha value is -0.660. The molecule has 0 radical (unpaired) electrons. The maximum absolute atomic E-state index is 11.1. The smallest absolute Gasteiger partial charge is 0.305 e. The zero-order chi connectivity index (χ0) is 12.6. The molecule has 0 aliphatic heterocycles. The Morgan fingerprint density at radius 3 is 2.50 bits per heavy atom. The summed E-state index contributed by atoms with van der Waals surface area (Å²) in [6, 6.07) is 0. The molecular formula is C9H19NO5S. The number of carbonyl (C=O) groups excluding carboxylic acids is 1. The van der Waals surface area contributed by atoms with Gasteiger partial charge in [0.25, 0.3) is 10.1 Å². The van der Waals surface area contributed by atoms with Gasteiger partial charge >= 0.3 is 5.97 Å². The molecule has 0 saturated heterocycles. The molecule has 0 aromatic heterocycles. The molecule has 0 amide bonds. The molecule has 1 atom stereocenters. The van der Waals surface area contributed by atoms with Gasteiger partial charge in [-0.3, -0.25) is 9.35 Å². The topological polar surface area (TPSA) is 107 Å². The fourth-order valence-electron chi connectivity index (χ4n) is 1.05. The second-order valence-corrected chi connectivity index (χ2v) is 5.21. The Balaban J connectivity index is 3.90. The zero-order valence-corrected chi connectivity index (χ0v) is 10.2. The Bertz CT molecular complexity index is 301. The Morgan fingerprint density at radius 2 is 2.06 bits per heavy atom. The number of carbonyl (C=O) groups is 1. The monoisotopic (exact) mass is 253 g/mol. The average molecular weight is 253 g/mol. The number of hydrogen-bond donors (Lipinski definition) is 2. The highest BCUT2D eigenvalue weighted by Gasteiger charge is 2.22. The first-order valence-corrected chi connectivity index (χ1v) is 6.74. The van der Waals surface area contributed by atoms with Crippen molar-refractivity contribution in [3.8, 4) is 0 Å². The van der Waals surface area contributed by atoms with Crippen LogP contribution >= 0.6 is 0 Å². The van der Waals surface area contributed by atoms with Crippen molar-refractivity contribution in [2.24, 2.45) is 5.73 Å². The summed E-state index contributed by atoms with van der Waals surface area (Å²) in [7, 11) is -4.24.